The zero-order valence-electron chi connectivity index (χ0n) is 34.5. The van der Waals surface area contributed by atoms with Crippen LogP contribution in [0.3, 0.4) is 0 Å². The number of fused-ring (bicyclic) bond motifs is 3. The van der Waals surface area contributed by atoms with Crippen molar-refractivity contribution in [1.82, 2.24) is 15.0 Å². The van der Waals surface area contributed by atoms with E-state index in [1.54, 1.807) is 30.9 Å². The lowest BCUT2D eigenvalue weighted by Gasteiger charge is -2.05. The number of aromatic amines is 3. The van der Waals surface area contributed by atoms with Gasteiger partial charge in [0.1, 0.15) is 5.69 Å². The maximum atomic E-state index is 11.5. The predicted molar refractivity (Wildman–Crippen MR) is 217 cm³/mol. The topological polar surface area (TPSA) is 166 Å². The molecule has 0 aromatic carbocycles. The van der Waals surface area contributed by atoms with Crippen LogP contribution in [0.2, 0.25) is 0 Å². The third kappa shape index (κ3) is 20.8. The van der Waals surface area contributed by atoms with E-state index in [-0.39, 0.29) is 5.97 Å². The first-order valence-electron chi connectivity index (χ1n) is 18.8. The van der Waals surface area contributed by atoms with E-state index in [4.69, 9.17) is 18.0 Å². The van der Waals surface area contributed by atoms with Gasteiger partial charge >= 0.3 is 5.97 Å². The van der Waals surface area contributed by atoms with Gasteiger partial charge < -0.3 is 42.4 Å². The quantitative estimate of drug-likeness (QED) is 0.0477. The van der Waals surface area contributed by atoms with Gasteiger partial charge in [-0.1, -0.05) is 69.2 Å². The highest BCUT2D eigenvalue weighted by Crippen LogP contribution is 2.17. The van der Waals surface area contributed by atoms with Gasteiger partial charge in [0.15, 0.2) is 16.7 Å². The second-order valence-electron chi connectivity index (χ2n) is 12.8. The number of esters is 1. The van der Waals surface area contributed by atoms with Crippen LogP contribution in [0.1, 0.15) is 110 Å². The van der Waals surface area contributed by atoms with E-state index in [1.165, 1.54) is 0 Å². The van der Waals surface area contributed by atoms with E-state index in [0.717, 1.165) is 58.4 Å². The maximum Gasteiger partial charge on any atom is 0.354 e. The summed E-state index contributed by atoms with van der Waals surface area (Å²) in [5.74, 6) is 1.33. The number of carbonyl (C=O) groups excluding carboxylic acids is 3. The highest BCUT2D eigenvalue weighted by Gasteiger charge is 2.12. The number of carbonyl (C=O) groups is 3. The summed E-state index contributed by atoms with van der Waals surface area (Å²) in [6, 6.07) is 11.2. The van der Waals surface area contributed by atoms with Crippen LogP contribution >= 0.6 is 0 Å². The Bertz CT molecular complexity index is 1630. The van der Waals surface area contributed by atoms with Crippen molar-refractivity contribution in [2.24, 2.45) is 17.8 Å². The van der Waals surface area contributed by atoms with Gasteiger partial charge in [-0.05, 0) is 50.9 Å². The molecular formula is C42H65N3O9. The normalized spacial score (nSPS) is 9.91. The minimum atomic E-state index is -0.338. The Morgan fingerprint density at radius 3 is 1.44 bits per heavy atom. The lowest BCUT2D eigenvalue weighted by Crippen LogP contribution is -2.10. The summed E-state index contributed by atoms with van der Waals surface area (Å²) >= 11 is 0. The van der Waals surface area contributed by atoms with Crippen LogP contribution in [-0.2, 0) is 23.8 Å². The highest BCUT2D eigenvalue weighted by molar-refractivity contribution is 5.93. The number of hydrogen-bond donors (Lipinski definition) is 3. The van der Waals surface area contributed by atoms with Gasteiger partial charge in [-0.3, -0.25) is 9.59 Å². The van der Waals surface area contributed by atoms with E-state index in [9.17, 15) is 14.4 Å². The molecule has 6 aromatic rings. The van der Waals surface area contributed by atoms with Crippen molar-refractivity contribution in [3.8, 4) is 0 Å². The van der Waals surface area contributed by atoms with Crippen LogP contribution in [0.15, 0.2) is 68.4 Å². The molecule has 0 bridgehead atoms. The minimum absolute atomic E-state index is 0.338. The van der Waals surface area contributed by atoms with Gasteiger partial charge in [0, 0.05) is 47.8 Å². The molecule has 0 atom stereocenters. The standard InChI is InChI=1S/C11H13NO3.2C7H7NO.C7H14O2.C6H12O2.2C2H6/c1-7(2)6-15-11(13)9-5-10-8(12-9)3-4-14-10;2*1-5-4-7-6(8-5)2-3-9-7;1-7(2)4-3-5-9-6-8;1-6(2)3-4-8-5-7;2*1-2/h3-5,7,12H,6H2,1-2H3;2*2-4,8H,1H3;6-7H,3-5H2,1-2H3;5-6H,3-4H2,1-2H3;2*1-2H3. The molecule has 0 amide bonds. The molecule has 0 saturated carbocycles. The van der Waals surface area contributed by atoms with Crippen molar-refractivity contribution in [2.75, 3.05) is 19.8 Å². The third-order valence-electron chi connectivity index (χ3n) is 6.75. The van der Waals surface area contributed by atoms with Crippen LogP contribution in [0.5, 0.6) is 0 Å². The van der Waals surface area contributed by atoms with Crippen LogP contribution in [-0.4, -0.2) is 53.7 Å². The van der Waals surface area contributed by atoms with Crippen molar-refractivity contribution in [1.29, 1.82) is 0 Å². The Labute approximate surface area is 320 Å². The number of aromatic nitrogens is 3. The maximum absolute atomic E-state index is 11.5. The predicted octanol–water partition coefficient (Wildman–Crippen LogP) is 11.6. The number of furan rings is 3. The van der Waals surface area contributed by atoms with E-state index < -0.39 is 0 Å². The van der Waals surface area contributed by atoms with Crippen LogP contribution in [0.25, 0.3) is 33.3 Å². The Morgan fingerprint density at radius 1 is 0.630 bits per heavy atom. The van der Waals surface area contributed by atoms with Gasteiger partial charge in [0.05, 0.1) is 55.2 Å². The molecule has 0 saturated heterocycles. The fourth-order valence-electron chi connectivity index (χ4n) is 4.22. The van der Waals surface area contributed by atoms with Gasteiger partial charge in [-0.25, -0.2) is 4.79 Å². The number of ether oxygens (including phenoxy) is 3. The van der Waals surface area contributed by atoms with Crippen LogP contribution in [0.4, 0.5) is 0 Å². The molecule has 0 unspecified atom stereocenters. The van der Waals surface area contributed by atoms with Gasteiger partial charge in [0.25, 0.3) is 12.9 Å². The van der Waals surface area contributed by atoms with Crippen molar-refractivity contribution < 1.29 is 41.8 Å². The first kappa shape index (κ1) is 48.9. The summed E-state index contributed by atoms with van der Waals surface area (Å²) in [7, 11) is 0. The zero-order valence-corrected chi connectivity index (χ0v) is 34.5. The first-order valence-corrected chi connectivity index (χ1v) is 18.8. The molecule has 6 aromatic heterocycles. The lowest BCUT2D eigenvalue weighted by molar-refractivity contribution is -0.129. The summed E-state index contributed by atoms with van der Waals surface area (Å²) in [4.78, 5) is 39.9. The molecule has 12 heteroatoms. The second-order valence-corrected chi connectivity index (χ2v) is 12.8. The highest BCUT2D eigenvalue weighted by atomic mass is 16.5. The molecule has 0 aliphatic rings. The van der Waals surface area contributed by atoms with Crippen molar-refractivity contribution >= 4 is 52.2 Å². The van der Waals surface area contributed by atoms with Gasteiger partial charge in [-0.15, -0.1) is 0 Å². The van der Waals surface area contributed by atoms with Crippen LogP contribution in [0, 0.1) is 31.6 Å². The number of aryl methyl sites for hydroxylation is 2. The molecule has 12 nitrogen and oxygen atoms in total. The van der Waals surface area contributed by atoms with Crippen molar-refractivity contribution in [3.05, 3.63) is 72.3 Å². The first-order chi connectivity index (χ1) is 25.9. The molecule has 302 valence electrons. The van der Waals surface area contributed by atoms with Gasteiger partial charge in [-0.2, -0.15) is 0 Å². The number of rotatable bonds is 12. The Kier molecular flexibility index (Phi) is 26.6. The van der Waals surface area contributed by atoms with Gasteiger partial charge in [0.2, 0.25) is 0 Å². The molecule has 0 radical (unpaired) electrons. The third-order valence-corrected chi connectivity index (χ3v) is 6.75. The summed E-state index contributed by atoms with van der Waals surface area (Å²) < 4.78 is 29.4. The number of nitrogens with one attached hydrogen (secondary N) is 3. The molecule has 54 heavy (non-hydrogen) atoms. The average Bonchev–Trinajstić information content (AvgIpc) is 3.99. The summed E-state index contributed by atoms with van der Waals surface area (Å²) in [6.45, 7) is 27.0. The molecule has 6 rings (SSSR count). The van der Waals surface area contributed by atoms with Crippen LogP contribution < -0.4 is 0 Å². The molecule has 6 heterocycles. The van der Waals surface area contributed by atoms with E-state index in [0.29, 0.717) is 61.8 Å². The summed E-state index contributed by atoms with van der Waals surface area (Å²) in [5, 5.41) is 0. The minimum Gasteiger partial charge on any atom is -0.468 e. The average molecular weight is 756 g/mol. The second kappa shape index (κ2) is 29.3. The summed E-state index contributed by atoms with van der Waals surface area (Å²) in [5.41, 5.74) is 8.23. The molecular weight excluding hydrogens is 690 g/mol. The van der Waals surface area contributed by atoms with Crippen molar-refractivity contribution in [2.45, 2.75) is 102 Å². The Hall–Kier alpha value is -5.13. The fraction of sp³-hybridized carbons (Fsp3) is 0.500. The van der Waals surface area contributed by atoms with E-state index in [2.05, 4.69) is 52.1 Å². The summed E-state index contributed by atoms with van der Waals surface area (Å²) in [6.07, 6.45) is 8.01. The largest absolute Gasteiger partial charge is 0.468 e. The Morgan fingerprint density at radius 2 is 1.06 bits per heavy atom. The molecule has 0 fully saturated rings. The smallest absolute Gasteiger partial charge is 0.354 e. The molecule has 3 N–H and O–H groups in total. The SMILES string of the molecule is CC.CC.CC(C)CCCOC=O.CC(C)CCOC=O.CC(C)COC(=O)c1cc2occc2[nH]1.Cc1cc2occc2[nH]1.Cc1cc2occc2[nH]1. The monoisotopic (exact) mass is 755 g/mol. The molecule has 0 aliphatic carbocycles. The Balaban J connectivity index is 0.000000648. The molecule has 0 aliphatic heterocycles. The lowest BCUT2D eigenvalue weighted by atomic mass is 10.1. The molecule has 0 spiro atoms. The number of hydrogen-bond acceptors (Lipinski definition) is 9. The zero-order chi connectivity index (χ0) is 40.9. The van der Waals surface area contributed by atoms with Crippen molar-refractivity contribution in [3.63, 3.8) is 0 Å². The van der Waals surface area contributed by atoms with E-state index >= 15 is 0 Å². The van der Waals surface area contributed by atoms with E-state index in [1.807, 2.05) is 79.7 Å². The number of H-pyrrole nitrogens is 3. The fourth-order valence-corrected chi connectivity index (χ4v) is 4.22.